The number of anilines is 2. The molecule has 3 rings (SSSR count). The minimum absolute atomic E-state index is 0.232. The fraction of sp³-hybridized carbons (Fsp3) is 0.118. The van der Waals surface area contributed by atoms with Gasteiger partial charge in [-0.3, -0.25) is 9.52 Å². The zero-order chi connectivity index (χ0) is 18.7. The number of amides is 1. The lowest BCUT2D eigenvalue weighted by Crippen LogP contribution is -2.13. The molecule has 0 bridgehead atoms. The number of carbonyl (C=O) groups is 1. The minimum atomic E-state index is -3.40. The van der Waals surface area contributed by atoms with E-state index in [4.69, 9.17) is 0 Å². The Morgan fingerprint density at radius 1 is 1.23 bits per heavy atom. The number of hydrogen-bond donors (Lipinski definition) is 3. The molecule has 0 aliphatic carbocycles. The average Bonchev–Trinajstić information content (AvgIpc) is 3.16. The van der Waals surface area contributed by atoms with Gasteiger partial charge in [0.1, 0.15) is 0 Å². The number of aromatic amines is 1. The highest BCUT2D eigenvalue weighted by Gasteiger charge is 2.15. The zero-order valence-corrected chi connectivity index (χ0v) is 17.0. The molecule has 0 fully saturated rings. The van der Waals surface area contributed by atoms with Crippen LogP contribution in [0.25, 0.3) is 0 Å². The second-order valence-corrected chi connectivity index (χ2v) is 9.28. The van der Waals surface area contributed by atoms with E-state index in [1.54, 1.807) is 18.2 Å². The van der Waals surface area contributed by atoms with Gasteiger partial charge in [-0.1, -0.05) is 15.9 Å². The summed E-state index contributed by atoms with van der Waals surface area (Å²) in [6.45, 7) is 0. The van der Waals surface area contributed by atoms with Gasteiger partial charge in [-0.15, -0.1) is 11.3 Å². The number of benzene rings is 1. The number of thiophene rings is 1. The van der Waals surface area contributed by atoms with Crippen LogP contribution in [0, 0.1) is 0 Å². The molecule has 0 saturated carbocycles. The van der Waals surface area contributed by atoms with Crippen LogP contribution in [0.15, 0.2) is 52.4 Å². The van der Waals surface area contributed by atoms with Crippen LogP contribution in [0.2, 0.25) is 0 Å². The molecule has 1 aromatic carbocycles. The van der Waals surface area contributed by atoms with Gasteiger partial charge < -0.3 is 10.3 Å². The van der Waals surface area contributed by atoms with E-state index in [0.717, 1.165) is 17.5 Å². The second-order valence-electron chi connectivity index (χ2n) is 5.70. The van der Waals surface area contributed by atoms with E-state index in [-0.39, 0.29) is 5.91 Å². The van der Waals surface area contributed by atoms with Crippen LogP contribution in [-0.4, -0.2) is 25.6 Å². The first kappa shape index (κ1) is 18.7. The van der Waals surface area contributed by atoms with E-state index < -0.39 is 10.0 Å². The molecule has 0 unspecified atom stereocenters. The number of nitrogens with one attached hydrogen (secondary N) is 3. The SMILES string of the molecule is CS(=O)(=O)Nc1cc(Br)cc(NC(=O)c2sccc2Cc2ccc[nH]2)c1. The molecule has 26 heavy (non-hydrogen) atoms. The predicted octanol–water partition coefficient (Wildman–Crippen LogP) is 4.05. The summed E-state index contributed by atoms with van der Waals surface area (Å²) in [5, 5.41) is 4.71. The van der Waals surface area contributed by atoms with Gasteiger partial charge in [0.25, 0.3) is 5.91 Å². The van der Waals surface area contributed by atoms with Gasteiger partial charge in [0.05, 0.1) is 16.8 Å². The van der Waals surface area contributed by atoms with Gasteiger partial charge in [0.2, 0.25) is 10.0 Å². The molecule has 0 aliphatic rings. The molecule has 3 N–H and O–H groups in total. The minimum Gasteiger partial charge on any atom is -0.365 e. The Bertz CT molecular complexity index is 1030. The Hall–Kier alpha value is -2.10. The first-order chi connectivity index (χ1) is 12.3. The van der Waals surface area contributed by atoms with Crippen molar-refractivity contribution in [1.29, 1.82) is 0 Å². The number of H-pyrrole nitrogens is 1. The third-order valence-electron chi connectivity index (χ3n) is 3.46. The van der Waals surface area contributed by atoms with Crippen molar-refractivity contribution in [3.8, 4) is 0 Å². The number of aromatic nitrogens is 1. The van der Waals surface area contributed by atoms with E-state index in [1.165, 1.54) is 11.3 Å². The molecule has 0 spiro atoms. The highest BCUT2D eigenvalue weighted by atomic mass is 79.9. The highest BCUT2D eigenvalue weighted by molar-refractivity contribution is 9.10. The fourth-order valence-corrected chi connectivity index (χ4v) is 4.34. The monoisotopic (exact) mass is 453 g/mol. The van der Waals surface area contributed by atoms with Crippen LogP contribution in [-0.2, 0) is 16.4 Å². The van der Waals surface area contributed by atoms with Gasteiger partial charge in [0.15, 0.2) is 0 Å². The summed E-state index contributed by atoms with van der Waals surface area (Å²) in [5.41, 5.74) is 2.82. The normalized spacial score (nSPS) is 11.3. The fourth-order valence-electron chi connectivity index (χ4n) is 2.48. The third-order valence-corrected chi connectivity index (χ3v) is 5.47. The number of hydrogen-bond acceptors (Lipinski definition) is 4. The molecule has 6 nitrogen and oxygen atoms in total. The van der Waals surface area contributed by atoms with Gasteiger partial charge in [-0.25, -0.2) is 8.42 Å². The molecule has 0 atom stereocenters. The second kappa shape index (κ2) is 7.65. The lowest BCUT2D eigenvalue weighted by Gasteiger charge is -2.10. The van der Waals surface area contributed by atoms with Crippen molar-refractivity contribution in [3.05, 3.63) is 68.6 Å². The zero-order valence-electron chi connectivity index (χ0n) is 13.7. The van der Waals surface area contributed by atoms with Gasteiger partial charge in [-0.2, -0.15) is 0 Å². The smallest absolute Gasteiger partial charge is 0.266 e. The maximum atomic E-state index is 12.7. The first-order valence-corrected chi connectivity index (χ1v) is 11.1. The van der Waals surface area contributed by atoms with E-state index >= 15 is 0 Å². The lowest BCUT2D eigenvalue weighted by atomic mass is 10.1. The average molecular weight is 454 g/mol. The highest BCUT2D eigenvalue weighted by Crippen LogP contribution is 2.26. The molecule has 136 valence electrons. The summed E-state index contributed by atoms with van der Waals surface area (Å²) in [7, 11) is -3.40. The summed E-state index contributed by atoms with van der Waals surface area (Å²) in [6, 6.07) is 10.7. The Morgan fingerprint density at radius 3 is 2.69 bits per heavy atom. The third kappa shape index (κ3) is 4.96. The van der Waals surface area contributed by atoms with Crippen molar-refractivity contribution in [1.82, 2.24) is 4.98 Å². The van der Waals surface area contributed by atoms with Crippen molar-refractivity contribution in [2.45, 2.75) is 6.42 Å². The summed E-state index contributed by atoms with van der Waals surface area (Å²) >= 11 is 4.69. The maximum absolute atomic E-state index is 12.7. The quantitative estimate of drug-likeness (QED) is 0.525. The van der Waals surface area contributed by atoms with Crippen LogP contribution in [0.1, 0.15) is 20.9 Å². The van der Waals surface area contributed by atoms with E-state index in [1.807, 2.05) is 29.8 Å². The summed E-state index contributed by atoms with van der Waals surface area (Å²) in [5.74, 6) is -0.232. The summed E-state index contributed by atoms with van der Waals surface area (Å²) in [4.78, 5) is 16.4. The Morgan fingerprint density at radius 2 is 2.00 bits per heavy atom. The van der Waals surface area contributed by atoms with Crippen LogP contribution in [0.4, 0.5) is 11.4 Å². The topological polar surface area (TPSA) is 91.1 Å². The Balaban J connectivity index is 1.79. The standard InChI is InChI=1S/C17H16BrN3O3S2/c1-26(23,24)21-15-9-12(18)8-14(10-15)20-17(22)16-11(4-6-25-16)7-13-3-2-5-19-13/h2-6,8-10,19,21H,7H2,1H3,(H,20,22). The first-order valence-electron chi connectivity index (χ1n) is 7.58. The van der Waals surface area contributed by atoms with E-state index in [0.29, 0.717) is 27.1 Å². The Kier molecular flexibility index (Phi) is 5.49. The van der Waals surface area contributed by atoms with Gasteiger partial charge in [0, 0.05) is 28.5 Å². The van der Waals surface area contributed by atoms with Gasteiger partial charge in [-0.05, 0) is 47.3 Å². The molecule has 9 heteroatoms. The van der Waals surface area contributed by atoms with Crippen LogP contribution < -0.4 is 10.0 Å². The number of sulfonamides is 1. The number of rotatable bonds is 6. The molecule has 1 amide bonds. The molecule has 3 aromatic rings. The molecule has 2 aromatic heterocycles. The summed E-state index contributed by atoms with van der Waals surface area (Å²) < 4.78 is 25.9. The van der Waals surface area contributed by atoms with E-state index in [2.05, 4.69) is 31.0 Å². The van der Waals surface area contributed by atoms with Crippen molar-refractivity contribution >= 4 is 54.6 Å². The van der Waals surface area contributed by atoms with Crippen LogP contribution in [0.3, 0.4) is 0 Å². The summed E-state index contributed by atoms with van der Waals surface area (Å²) in [6.07, 6.45) is 3.56. The number of carbonyl (C=O) groups excluding carboxylic acids is 1. The number of halogens is 1. The van der Waals surface area contributed by atoms with Crippen molar-refractivity contribution in [2.24, 2.45) is 0 Å². The van der Waals surface area contributed by atoms with Crippen molar-refractivity contribution < 1.29 is 13.2 Å². The molecule has 0 saturated heterocycles. The molecule has 2 heterocycles. The van der Waals surface area contributed by atoms with Gasteiger partial charge >= 0.3 is 0 Å². The maximum Gasteiger partial charge on any atom is 0.266 e. The van der Waals surface area contributed by atoms with Crippen LogP contribution in [0.5, 0.6) is 0 Å². The van der Waals surface area contributed by atoms with Crippen LogP contribution >= 0.6 is 27.3 Å². The largest absolute Gasteiger partial charge is 0.365 e. The van der Waals surface area contributed by atoms with E-state index in [9.17, 15) is 13.2 Å². The molecular formula is C17H16BrN3O3S2. The lowest BCUT2D eigenvalue weighted by molar-refractivity contribution is 0.103. The van der Waals surface area contributed by atoms with Crippen molar-refractivity contribution in [3.63, 3.8) is 0 Å². The molecule has 0 aliphatic heterocycles. The van der Waals surface area contributed by atoms with Crippen molar-refractivity contribution in [2.75, 3.05) is 16.3 Å². The predicted molar refractivity (Wildman–Crippen MR) is 108 cm³/mol. The molecular weight excluding hydrogens is 438 g/mol. The Labute approximate surface area is 163 Å². The molecule has 0 radical (unpaired) electrons.